The van der Waals surface area contributed by atoms with E-state index in [0.29, 0.717) is 26.1 Å². The molecule has 0 spiro atoms. The molecule has 1 rings (SSSR count). The minimum absolute atomic E-state index is 0.0661. The topological polar surface area (TPSA) is 132 Å². The van der Waals surface area contributed by atoms with Gasteiger partial charge in [0, 0.05) is 20.3 Å². The van der Waals surface area contributed by atoms with E-state index in [0.717, 1.165) is 0 Å². The molecular formula is C11H19N5O4. The van der Waals surface area contributed by atoms with E-state index in [2.05, 4.69) is 15.6 Å². The van der Waals surface area contributed by atoms with Crippen molar-refractivity contribution in [2.24, 2.45) is 5.73 Å². The maximum absolute atomic E-state index is 11.9. The van der Waals surface area contributed by atoms with E-state index in [4.69, 9.17) is 15.6 Å². The van der Waals surface area contributed by atoms with Gasteiger partial charge < -0.3 is 20.9 Å². The summed E-state index contributed by atoms with van der Waals surface area (Å²) in [5.41, 5.74) is 5.42. The van der Waals surface area contributed by atoms with Crippen molar-refractivity contribution >= 4 is 11.9 Å². The molecule has 0 saturated heterocycles. The number of ether oxygens (including phenoxy) is 1. The van der Waals surface area contributed by atoms with Gasteiger partial charge in [0.05, 0.1) is 12.7 Å². The van der Waals surface area contributed by atoms with Crippen molar-refractivity contribution in [3.05, 3.63) is 11.9 Å². The van der Waals surface area contributed by atoms with E-state index >= 15 is 0 Å². The molecular weight excluding hydrogens is 266 g/mol. The Balaban J connectivity index is 2.57. The van der Waals surface area contributed by atoms with E-state index in [1.165, 1.54) is 18.0 Å². The SMILES string of the molecule is COCCCC(NC(=O)c1cn(CCN)nn1)C(=O)O. The van der Waals surface area contributed by atoms with Crippen LogP contribution in [-0.4, -0.2) is 58.3 Å². The predicted molar refractivity (Wildman–Crippen MR) is 69.1 cm³/mol. The minimum atomic E-state index is -1.09. The fourth-order valence-corrected chi connectivity index (χ4v) is 1.57. The molecule has 0 saturated carbocycles. The Morgan fingerprint density at radius 1 is 1.60 bits per heavy atom. The van der Waals surface area contributed by atoms with E-state index in [1.807, 2.05) is 0 Å². The summed E-state index contributed by atoms with van der Waals surface area (Å²) in [5.74, 6) is -1.66. The molecule has 1 aromatic rings. The standard InChI is InChI=1S/C11H19N5O4/c1-20-6-2-3-8(11(18)19)13-10(17)9-7-16(5-4-12)15-14-9/h7-8H,2-6,12H2,1H3,(H,13,17)(H,18,19). The van der Waals surface area contributed by atoms with Crippen LogP contribution in [0.25, 0.3) is 0 Å². The van der Waals surface area contributed by atoms with Gasteiger partial charge in [-0.05, 0) is 12.8 Å². The molecule has 9 heteroatoms. The van der Waals surface area contributed by atoms with Gasteiger partial charge in [0.25, 0.3) is 5.91 Å². The van der Waals surface area contributed by atoms with Crippen LogP contribution in [0.3, 0.4) is 0 Å². The molecule has 0 aliphatic heterocycles. The van der Waals surface area contributed by atoms with Gasteiger partial charge >= 0.3 is 5.97 Å². The molecule has 1 aromatic heterocycles. The average molecular weight is 285 g/mol. The van der Waals surface area contributed by atoms with Crippen LogP contribution in [0.1, 0.15) is 23.3 Å². The monoisotopic (exact) mass is 285 g/mol. The number of nitrogens with zero attached hydrogens (tertiary/aromatic N) is 3. The number of hydrogen-bond acceptors (Lipinski definition) is 6. The molecule has 1 heterocycles. The summed E-state index contributed by atoms with van der Waals surface area (Å²) in [6.07, 6.45) is 2.25. The highest BCUT2D eigenvalue weighted by atomic mass is 16.5. The second-order valence-corrected chi connectivity index (χ2v) is 4.15. The second kappa shape index (κ2) is 8.23. The second-order valence-electron chi connectivity index (χ2n) is 4.15. The van der Waals surface area contributed by atoms with Crippen LogP contribution in [0.4, 0.5) is 0 Å². The lowest BCUT2D eigenvalue weighted by Gasteiger charge is -2.12. The van der Waals surface area contributed by atoms with Crippen LogP contribution in [-0.2, 0) is 16.1 Å². The third kappa shape index (κ3) is 4.94. The van der Waals surface area contributed by atoms with Gasteiger partial charge in [0.15, 0.2) is 5.69 Å². The number of nitrogens with two attached hydrogens (primary N) is 1. The Morgan fingerprint density at radius 2 is 2.35 bits per heavy atom. The molecule has 0 aliphatic carbocycles. The highest BCUT2D eigenvalue weighted by molar-refractivity contribution is 5.94. The van der Waals surface area contributed by atoms with Gasteiger partial charge in [0.2, 0.25) is 0 Å². The van der Waals surface area contributed by atoms with Crippen molar-refractivity contribution in [3.8, 4) is 0 Å². The van der Waals surface area contributed by atoms with Crippen LogP contribution < -0.4 is 11.1 Å². The normalized spacial score (nSPS) is 12.1. The Labute approximate surface area is 116 Å². The molecule has 112 valence electrons. The summed E-state index contributed by atoms with van der Waals surface area (Å²) in [4.78, 5) is 22.9. The number of aliphatic carboxylic acids is 1. The lowest BCUT2D eigenvalue weighted by molar-refractivity contribution is -0.139. The molecule has 0 radical (unpaired) electrons. The van der Waals surface area contributed by atoms with Crippen molar-refractivity contribution < 1.29 is 19.4 Å². The first-order valence-corrected chi connectivity index (χ1v) is 6.21. The Morgan fingerprint density at radius 3 is 2.95 bits per heavy atom. The number of carboxylic acid groups (broad SMARTS) is 1. The zero-order valence-electron chi connectivity index (χ0n) is 11.3. The number of carboxylic acids is 1. The van der Waals surface area contributed by atoms with Gasteiger partial charge in [-0.15, -0.1) is 5.10 Å². The minimum Gasteiger partial charge on any atom is -0.480 e. The van der Waals surface area contributed by atoms with Crippen molar-refractivity contribution in [2.45, 2.75) is 25.4 Å². The van der Waals surface area contributed by atoms with Crippen molar-refractivity contribution in [2.75, 3.05) is 20.3 Å². The number of carbonyl (C=O) groups is 2. The first-order chi connectivity index (χ1) is 9.58. The quantitative estimate of drug-likeness (QED) is 0.488. The van der Waals surface area contributed by atoms with Gasteiger partial charge in [-0.3, -0.25) is 9.48 Å². The molecule has 9 nitrogen and oxygen atoms in total. The highest BCUT2D eigenvalue weighted by Crippen LogP contribution is 2.01. The third-order valence-electron chi connectivity index (χ3n) is 2.57. The largest absolute Gasteiger partial charge is 0.480 e. The zero-order chi connectivity index (χ0) is 15.0. The highest BCUT2D eigenvalue weighted by Gasteiger charge is 2.21. The van der Waals surface area contributed by atoms with E-state index < -0.39 is 17.9 Å². The summed E-state index contributed by atoms with van der Waals surface area (Å²) in [7, 11) is 1.53. The third-order valence-corrected chi connectivity index (χ3v) is 2.57. The van der Waals surface area contributed by atoms with E-state index in [1.54, 1.807) is 0 Å². The number of methoxy groups -OCH3 is 1. The zero-order valence-corrected chi connectivity index (χ0v) is 11.3. The summed E-state index contributed by atoms with van der Waals surface area (Å²) in [6, 6.07) is -0.975. The summed E-state index contributed by atoms with van der Waals surface area (Å²) >= 11 is 0. The molecule has 20 heavy (non-hydrogen) atoms. The van der Waals surface area contributed by atoms with Crippen LogP contribution in [0.5, 0.6) is 0 Å². The molecule has 0 bridgehead atoms. The van der Waals surface area contributed by atoms with E-state index in [9.17, 15) is 9.59 Å². The molecule has 0 aromatic carbocycles. The van der Waals surface area contributed by atoms with Crippen LogP contribution in [0.2, 0.25) is 0 Å². The molecule has 1 unspecified atom stereocenters. The van der Waals surface area contributed by atoms with Crippen molar-refractivity contribution in [3.63, 3.8) is 0 Å². The lowest BCUT2D eigenvalue weighted by Crippen LogP contribution is -2.41. The van der Waals surface area contributed by atoms with Crippen LogP contribution in [0, 0.1) is 0 Å². The number of nitrogens with one attached hydrogen (secondary N) is 1. The number of carbonyl (C=O) groups excluding carboxylic acids is 1. The maximum Gasteiger partial charge on any atom is 0.326 e. The number of aromatic nitrogens is 3. The van der Waals surface area contributed by atoms with Crippen LogP contribution in [0.15, 0.2) is 6.20 Å². The molecule has 1 amide bonds. The van der Waals surface area contributed by atoms with Crippen molar-refractivity contribution in [1.29, 1.82) is 0 Å². The first kappa shape index (κ1) is 16.1. The van der Waals surface area contributed by atoms with Gasteiger partial charge in [-0.1, -0.05) is 5.21 Å². The maximum atomic E-state index is 11.9. The Hall–Kier alpha value is -2.00. The number of rotatable bonds is 9. The average Bonchev–Trinajstić information content (AvgIpc) is 2.86. The van der Waals surface area contributed by atoms with Gasteiger partial charge in [-0.25, -0.2) is 4.79 Å². The predicted octanol–water partition coefficient (Wildman–Crippen LogP) is -1.15. The molecule has 0 fully saturated rings. The van der Waals surface area contributed by atoms with Gasteiger partial charge in [-0.2, -0.15) is 0 Å². The lowest BCUT2D eigenvalue weighted by atomic mass is 10.1. The summed E-state index contributed by atoms with van der Waals surface area (Å²) < 4.78 is 6.27. The van der Waals surface area contributed by atoms with Crippen LogP contribution >= 0.6 is 0 Å². The Bertz CT molecular complexity index is 448. The fourth-order valence-electron chi connectivity index (χ4n) is 1.57. The summed E-state index contributed by atoms with van der Waals surface area (Å²) in [5, 5.41) is 18.8. The fraction of sp³-hybridized carbons (Fsp3) is 0.636. The smallest absolute Gasteiger partial charge is 0.326 e. The van der Waals surface area contributed by atoms with E-state index in [-0.39, 0.29) is 12.1 Å². The molecule has 0 aliphatic rings. The van der Waals surface area contributed by atoms with Gasteiger partial charge in [0.1, 0.15) is 6.04 Å². The number of amides is 1. The van der Waals surface area contributed by atoms with Crippen molar-refractivity contribution in [1.82, 2.24) is 20.3 Å². The first-order valence-electron chi connectivity index (χ1n) is 6.21. The molecule has 1 atom stereocenters. The number of hydrogen-bond donors (Lipinski definition) is 3. The Kier molecular flexibility index (Phi) is 6.60. The molecule has 4 N–H and O–H groups in total. The summed E-state index contributed by atoms with van der Waals surface area (Å²) in [6.45, 7) is 1.25.